The van der Waals surface area contributed by atoms with Crippen molar-refractivity contribution in [1.82, 2.24) is 10.9 Å². The molecule has 0 fully saturated rings. The number of aromatic hydroxyl groups is 2. The normalized spacial score (nSPS) is 10.7. The van der Waals surface area contributed by atoms with Crippen molar-refractivity contribution in [2.24, 2.45) is 10.2 Å². The molecule has 8 nitrogen and oxygen atoms in total. The first-order chi connectivity index (χ1) is 19.5. The van der Waals surface area contributed by atoms with E-state index in [2.05, 4.69) is 21.1 Å². The third-order valence-electron chi connectivity index (χ3n) is 5.63. The quantitative estimate of drug-likeness (QED) is 0.172. The van der Waals surface area contributed by atoms with Crippen LogP contribution in [0.5, 0.6) is 11.5 Å². The summed E-state index contributed by atoms with van der Waals surface area (Å²) in [6.07, 6.45) is 3.19. The fraction of sp³-hybridized carbons (Fsp3) is 0. The lowest BCUT2D eigenvalue weighted by molar-refractivity contribution is 0.0947. The zero-order valence-corrected chi connectivity index (χ0v) is 21.3. The molecule has 0 atom stereocenters. The summed E-state index contributed by atoms with van der Waals surface area (Å²) in [4.78, 5) is 23.5. The predicted octanol–water partition coefficient (Wildman–Crippen LogP) is 5.47. The van der Waals surface area contributed by atoms with Gasteiger partial charge in [-0.25, -0.2) is 10.9 Å². The van der Waals surface area contributed by atoms with Crippen LogP contribution in [0.4, 0.5) is 0 Å². The lowest BCUT2D eigenvalue weighted by atomic mass is 10.1. The van der Waals surface area contributed by atoms with Gasteiger partial charge in [0.2, 0.25) is 0 Å². The summed E-state index contributed by atoms with van der Waals surface area (Å²) in [5.41, 5.74) is 7.62. The van der Waals surface area contributed by atoms with E-state index >= 15 is 0 Å². The molecule has 0 aromatic heterocycles. The van der Waals surface area contributed by atoms with Gasteiger partial charge in [-0.15, -0.1) is 0 Å². The molecule has 0 saturated heterocycles. The van der Waals surface area contributed by atoms with Crippen molar-refractivity contribution in [2.75, 3.05) is 0 Å². The van der Waals surface area contributed by atoms with Gasteiger partial charge in [-0.1, -0.05) is 72.8 Å². The molecule has 0 bridgehead atoms. The summed E-state index contributed by atoms with van der Waals surface area (Å²) in [6, 6.07) is 35.3. The monoisotopic (exact) mass is 530 g/mol. The number of phenolic OH excluding ortho intramolecular Hbond substituents is 2. The van der Waals surface area contributed by atoms with Gasteiger partial charge in [0.15, 0.2) is 0 Å². The zero-order valence-electron chi connectivity index (χ0n) is 21.3. The molecule has 40 heavy (non-hydrogen) atoms. The first-order valence-corrected chi connectivity index (χ1v) is 12.3. The molecule has 0 aliphatic heterocycles. The van der Waals surface area contributed by atoms with Crippen molar-refractivity contribution >= 4 is 35.0 Å². The summed E-state index contributed by atoms with van der Waals surface area (Å²) in [6.45, 7) is 0. The van der Waals surface area contributed by atoms with Crippen molar-refractivity contribution in [3.8, 4) is 11.5 Å². The molecule has 0 aliphatic carbocycles. The second-order valence-corrected chi connectivity index (χ2v) is 8.47. The maximum Gasteiger partial charge on any atom is 0.271 e. The summed E-state index contributed by atoms with van der Waals surface area (Å²) < 4.78 is 0. The number of nitrogens with one attached hydrogen (secondary N) is 2. The standard InChI is InChI=1S/C18H14N2O2.C14H12N2O2/c21-16-10-8-14(9-11-16)18(22)20-19-12-15-6-3-5-13-4-1-2-7-17(13)15;17-13-8-6-12(7-9-13)14(18)16-15-10-11-4-2-1-3-5-11/h1-12,21H,(H,20,22);1-10,17H,(H,16,18). The molecular weight excluding hydrogens is 504 g/mol. The highest BCUT2D eigenvalue weighted by atomic mass is 16.3. The third-order valence-corrected chi connectivity index (χ3v) is 5.63. The second kappa shape index (κ2) is 13.7. The summed E-state index contributed by atoms with van der Waals surface area (Å²) in [5, 5.41) is 28.4. The molecule has 8 heteroatoms. The molecule has 198 valence electrons. The molecule has 5 aromatic carbocycles. The van der Waals surface area contributed by atoms with Gasteiger partial charge in [0, 0.05) is 16.7 Å². The van der Waals surface area contributed by atoms with Crippen LogP contribution in [0.25, 0.3) is 10.8 Å². The highest BCUT2D eigenvalue weighted by Crippen LogP contribution is 2.17. The lowest BCUT2D eigenvalue weighted by Gasteiger charge is -2.02. The van der Waals surface area contributed by atoms with Crippen molar-refractivity contribution in [1.29, 1.82) is 0 Å². The molecule has 4 N–H and O–H groups in total. The van der Waals surface area contributed by atoms with E-state index in [0.29, 0.717) is 11.1 Å². The molecule has 0 heterocycles. The minimum Gasteiger partial charge on any atom is -0.508 e. The fourth-order valence-electron chi connectivity index (χ4n) is 3.58. The van der Waals surface area contributed by atoms with Crippen LogP contribution in [0, 0.1) is 0 Å². The molecule has 0 radical (unpaired) electrons. The lowest BCUT2D eigenvalue weighted by Crippen LogP contribution is -2.17. The van der Waals surface area contributed by atoms with Crippen LogP contribution in [0.15, 0.2) is 132 Å². The van der Waals surface area contributed by atoms with Crippen LogP contribution in [-0.4, -0.2) is 34.5 Å². The Morgan fingerprint density at radius 2 is 1.05 bits per heavy atom. The van der Waals surface area contributed by atoms with Crippen LogP contribution < -0.4 is 10.9 Å². The summed E-state index contributed by atoms with van der Waals surface area (Å²) >= 11 is 0. The zero-order chi connectivity index (χ0) is 28.2. The van der Waals surface area contributed by atoms with Crippen LogP contribution in [0.2, 0.25) is 0 Å². The van der Waals surface area contributed by atoms with E-state index in [1.807, 2.05) is 72.8 Å². The number of amides is 2. The number of hydrogen-bond acceptors (Lipinski definition) is 6. The Morgan fingerprint density at radius 1 is 0.550 bits per heavy atom. The highest BCUT2D eigenvalue weighted by molar-refractivity contribution is 6.00. The Labute approximate surface area is 230 Å². The number of carbonyl (C=O) groups is 2. The number of hydrogen-bond donors (Lipinski definition) is 4. The van der Waals surface area contributed by atoms with Crippen LogP contribution in [-0.2, 0) is 0 Å². The number of rotatable bonds is 6. The van der Waals surface area contributed by atoms with Gasteiger partial charge in [0.25, 0.3) is 11.8 Å². The van der Waals surface area contributed by atoms with E-state index in [0.717, 1.165) is 21.9 Å². The predicted molar refractivity (Wildman–Crippen MR) is 157 cm³/mol. The Bertz CT molecular complexity index is 1630. The largest absolute Gasteiger partial charge is 0.508 e. The van der Waals surface area contributed by atoms with Gasteiger partial charge >= 0.3 is 0 Å². The van der Waals surface area contributed by atoms with E-state index in [1.165, 1.54) is 48.5 Å². The summed E-state index contributed by atoms with van der Waals surface area (Å²) in [7, 11) is 0. The molecule has 0 spiro atoms. The number of nitrogens with zero attached hydrogens (tertiary/aromatic N) is 2. The fourth-order valence-corrected chi connectivity index (χ4v) is 3.58. The molecule has 0 unspecified atom stereocenters. The number of carbonyl (C=O) groups excluding carboxylic acids is 2. The van der Waals surface area contributed by atoms with Crippen molar-refractivity contribution in [3.63, 3.8) is 0 Å². The van der Waals surface area contributed by atoms with Crippen LogP contribution in [0.1, 0.15) is 31.8 Å². The van der Waals surface area contributed by atoms with Gasteiger partial charge in [-0.05, 0) is 64.9 Å². The number of fused-ring (bicyclic) bond motifs is 1. The van der Waals surface area contributed by atoms with Gasteiger partial charge < -0.3 is 10.2 Å². The van der Waals surface area contributed by atoms with Crippen LogP contribution >= 0.6 is 0 Å². The first-order valence-electron chi connectivity index (χ1n) is 12.3. The van der Waals surface area contributed by atoms with Crippen molar-refractivity contribution < 1.29 is 19.8 Å². The minimum absolute atomic E-state index is 0.121. The first kappa shape index (κ1) is 27.3. The van der Waals surface area contributed by atoms with E-state index in [1.54, 1.807) is 12.4 Å². The highest BCUT2D eigenvalue weighted by Gasteiger charge is 2.04. The molecule has 2 amide bonds. The number of hydrazone groups is 2. The van der Waals surface area contributed by atoms with Gasteiger partial charge in [-0.3, -0.25) is 9.59 Å². The second-order valence-electron chi connectivity index (χ2n) is 8.47. The van der Waals surface area contributed by atoms with Gasteiger partial charge in [-0.2, -0.15) is 10.2 Å². The molecule has 0 aliphatic rings. The molecule has 0 saturated carbocycles. The van der Waals surface area contributed by atoms with E-state index in [9.17, 15) is 14.7 Å². The van der Waals surface area contributed by atoms with Gasteiger partial charge in [0.1, 0.15) is 11.5 Å². The van der Waals surface area contributed by atoms with E-state index in [4.69, 9.17) is 5.11 Å². The minimum atomic E-state index is -0.323. The van der Waals surface area contributed by atoms with E-state index < -0.39 is 0 Å². The Hall–Kier alpha value is -5.76. The molecular formula is C32H26N4O4. The molecule has 5 rings (SSSR count). The van der Waals surface area contributed by atoms with Crippen molar-refractivity contribution in [2.45, 2.75) is 0 Å². The summed E-state index contributed by atoms with van der Waals surface area (Å²) in [5.74, 6) is -0.395. The Balaban J connectivity index is 0.000000189. The third kappa shape index (κ3) is 7.87. The average Bonchev–Trinajstić information content (AvgIpc) is 2.99. The smallest absolute Gasteiger partial charge is 0.271 e. The van der Waals surface area contributed by atoms with Crippen LogP contribution in [0.3, 0.4) is 0 Å². The topological polar surface area (TPSA) is 123 Å². The number of benzene rings is 5. The average molecular weight is 531 g/mol. The Kier molecular flexibility index (Phi) is 9.34. The maximum atomic E-state index is 11.9. The number of phenols is 2. The van der Waals surface area contributed by atoms with Gasteiger partial charge in [0.05, 0.1) is 12.4 Å². The SMILES string of the molecule is O=C(NN=Cc1cccc2ccccc12)c1ccc(O)cc1.O=C(NN=Cc1ccccc1)c1ccc(O)cc1. The maximum absolute atomic E-state index is 11.9. The van der Waals surface area contributed by atoms with E-state index in [-0.39, 0.29) is 23.3 Å². The Morgan fingerprint density at radius 3 is 1.65 bits per heavy atom. The molecule has 5 aromatic rings. The van der Waals surface area contributed by atoms with Crippen molar-refractivity contribution in [3.05, 3.63) is 144 Å².